The van der Waals surface area contributed by atoms with Gasteiger partial charge in [-0.2, -0.15) is 0 Å². The summed E-state index contributed by atoms with van der Waals surface area (Å²) in [5, 5.41) is 8.90. The van der Waals surface area contributed by atoms with E-state index in [-0.39, 0.29) is 19.8 Å². The van der Waals surface area contributed by atoms with Crippen molar-refractivity contribution in [1.82, 2.24) is 14.7 Å². The Labute approximate surface area is 188 Å². The number of nitrogens with one attached hydrogen (secondary N) is 1. The summed E-state index contributed by atoms with van der Waals surface area (Å²) in [6.45, 7) is 2.72. The van der Waals surface area contributed by atoms with Gasteiger partial charge in [-0.05, 0) is 66.1 Å². The summed E-state index contributed by atoms with van der Waals surface area (Å²) in [7, 11) is 0. The van der Waals surface area contributed by atoms with E-state index >= 15 is 0 Å². The summed E-state index contributed by atoms with van der Waals surface area (Å²) >= 11 is 0. The lowest BCUT2D eigenvalue weighted by Gasteiger charge is -2.11. The number of nitrogens with zero attached hydrogens (tertiary/aromatic N) is 2. The Bertz CT molecular complexity index is 1340. The Morgan fingerprint density at radius 1 is 1.00 bits per heavy atom. The predicted molar refractivity (Wildman–Crippen MR) is 120 cm³/mol. The van der Waals surface area contributed by atoms with Gasteiger partial charge in [0.2, 0.25) is 0 Å². The van der Waals surface area contributed by atoms with Crippen LogP contribution in [0, 0.1) is 6.92 Å². The molecule has 2 aromatic carbocycles. The molecule has 170 valence electrons. The number of aromatic amines is 1. The number of aromatic nitrogens is 3. The number of ether oxygens (including phenoxy) is 2. The van der Waals surface area contributed by atoms with E-state index in [0.717, 1.165) is 32.7 Å². The van der Waals surface area contributed by atoms with Crippen molar-refractivity contribution in [3.05, 3.63) is 98.5 Å². The zero-order chi connectivity index (χ0) is 23.2. The molecule has 0 aliphatic heterocycles. The largest absolute Gasteiger partial charge is 0.491 e. The highest BCUT2D eigenvalue weighted by Gasteiger charge is 2.08. The first-order valence-corrected chi connectivity index (χ1v) is 10.3. The van der Waals surface area contributed by atoms with Crippen molar-refractivity contribution in [2.75, 3.05) is 13.2 Å². The normalized spacial score (nSPS) is 10.8. The first kappa shape index (κ1) is 22.1. The molecule has 0 amide bonds. The summed E-state index contributed by atoms with van der Waals surface area (Å²) in [5.41, 5.74) is 4.01. The summed E-state index contributed by atoms with van der Waals surface area (Å²) < 4.78 is 17.1. The van der Waals surface area contributed by atoms with Crippen molar-refractivity contribution >= 4 is 0 Å². The van der Waals surface area contributed by atoms with E-state index in [0.29, 0.717) is 18.1 Å². The number of hydrogen-bond acceptors (Lipinski definition) is 7. The second-order valence-corrected chi connectivity index (χ2v) is 7.38. The third-order valence-electron chi connectivity index (χ3n) is 4.94. The molecule has 0 fully saturated rings. The average molecular weight is 449 g/mol. The van der Waals surface area contributed by atoms with Gasteiger partial charge in [0.1, 0.15) is 24.7 Å². The highest BCUT2D eigenvalue weighted by Crippen LogP contribution is 2.26. The van der Waals surface area contributed by atoms with Crippen LogP contribution in [0.5, 0.6) is 11.5 Å². The van der Waals surface area contributed by atoms with E-state index in [1.54, 1.807) is 30.5 Å². The molecule has 0 spiro atoms. The predicted octanol–water partition coefficient (Wildman–Crippen LogP) is 2.50. The standard InChI is InChI=1S/C24H23N3O6/c1-16-12-20(31-11-10-28)6-7-21(16)22-13-18(8-9-25-22)15-32-19-4-2-17(3-5-19)14-27-23(29)26-24(30)33-27/h2-9,12-13,28H,10-11,14-15H2,1H3,(H,26,29,30). The van der Waals surface area contributed by atoms with Crippen molar-refractivity contribution in [3.8, 4) is 22.8 Å². The first-order chi connectivity index (χ1) is 16.0. The van der Waals surface area contributed by atoms with E-state index < -0.39 is 11.4 Å². The number of benzene rings is 2. The summed E-state index contributed by atoms with van der Waals surface area (Å²) in [6.07, 6.45) is 1.75. The monoisotopic (exact) mass is 449 g/mol. The van der Waals surface area contributed by atoms with Gasteiger partial charge in [0, 0.05) is 11.8 Å². The molecule has 0 saturated heterocycles. The second-order valence-electron chi connectivity index (χ2n) is 7.38. The van der Waals surface area contributed by atoms with Gasteiger partial charge >= 0.3 is 11.4 Å². The minimum atomic E-state index is -0.780. The summed E-state index contributed by atoms with van der Waals surface area (Å²) in [6, 6.07) is 16.8. The molecule has 2 N–H and O–H groups in total. The molecule has 9 nitrogen and oxygen atoms in total. The van der Waals surface area contributed by atoms with Crippen LogP contribution in [0.25, 0.3) is 11.3 Å². The third kappa shape index (κ3) is 5.58. The zero-order valence-corrected chi connectivity index (χ0v) is 18.0. The number of rotatable bonds is 9. The molecule has 0 bridgehead atoms. The number of pyridine rings is 1. The molecular weight excluding hydrogens is 426 g/mol. The first-order valence-electron chi connectivity index (χ1n) is 10.3. The van der Waals surface area contributed by atoms with Crippen molar-refractivity contribution in [3.63, 3.8) is 0 Å². The lowest BCUT2D eigenvalue weighted by atomic mass is 10.0. The Kier molecular flexibility index (Phi) is 6.70. The van der Waals surface area contributed by atoms with Gasteiger partial charge in [0.25, 0.3) is 0 Å². The van der Waals surface area contributed by atoms with Crippen LogP contribution in [-0.2, 0) is 13.2 Å². The zero-order valence-electron chi connectivity index (χ0n) is 18.0. The van der Waals surface area contributed by atoms with E-state index in [1.165, 1.54) is 0 Å². The molecule has 0 atom stereocenters. The molecule has 33 heavy (non-hydrogen) atoms. The van der Waals surface area contributed by atoms with Crippen LogP contribution < -0.4 is 20.9 Å². The molecule has 4 rings (SSSR count). The van der Waals surface area contributed by atoms with Gasteiger partial charge in [-0.1, -0.05) is 12.1 Å². The molecule has 4 aromatic rings. The average Bonchev–Trinajstić information content (AvgIpc) is 3.13. The fourth-order valence-electron chi connectivity index (χ4n) is 3.33. The maximum Gasteiger partial charge on any atom is 0.440 e. The van der Waals surface area contributed by atoms with E-state index in [1.807, 2.05) is 42.2 Å². The summed E-state index contributed by atoms with van der Waals surface area (Å²) in [4.78, 5) is 29.2. The van der Waals surface area contributed by atoms with Crippen molar-refractivity contribution in [1.29, 1.82) is 0 Å². The Hall–Kier alpha value is -4.11. The minimum Gasteiger partial charge on any atom is -0.491 e. The fraction of sp³-hybridized carbons (Fsp3) is 0.208. The highest BCUT2D eigenvalue weighted by molar-refractivity contribution is 5.65. The van der Waals surface area contributed by atoms with Crippen LogP contribution in [0.4, 0.5) is 0 Å². The molecule has 0 saturated carbocycles. The molecule has 2 aromatic heterocycles. The molecule has 0 aliphatic carbocycles. The molecule has 0 radical (unpaired) electrons. The number of hydrogen-bond donors (Lipinski definition) is 2. The van der Waals surface area contributed by atoms with E-state index in [2.05, 4.69) is 4.98 Å². The van der Waals surface area contributed by atoms with Crippen molar-refractivity contribution in [2.45, 2.75) is 20.1 Å². The van der Waals surface area contributed by atoms with Gasteiger partial charge in [-0.25, -0.2) is 14.6 Å². The Morgan fingerprint density at radius 2 is 1.79 bits per heavy atom. The fourth-order valence-corrected chi connectivity index (χ4v) is 3.33. The molecular formula is C24H23N3O6. The van der Waals surface area contributed by atoms with Gasteiger partial charge in [-0.3, -0.25) is 4.98 Å². The molecule has 2 heterocycles. The maximum absolute atomic E-state index is 11.5. The maximum atomic E-state index is 11.5. The Morgan fingerprint density at radius 3 is 2.48 bits per heavy atom. The lowest BCUT2D eigenvalue weighted by Crippen LogP contribution is -2.17. The number of H-pyrrole nitrogens is 1. The third-order valence-corrected chi connectivity index (χ3v) is 4.94. The summed E-state index contributed by atoms with van der Waals surface area (Å²) in [5.74, 6) is 0.594. The van der Waals surface area contributed by atoms with Gasteiger partial charge in [-0.15, -0.1) is 4.74 Å². The highest BCUT2D eigenvalue weighted by atomic mass is 16.5. The van der Waals surface area contributed by atoms with Crippen LogP contribution in [0.1, 0.15) is 16.7 Å². The van der Waals surface area contributed by atoms with Gasteiger partial charge < -0.3 is 19.1 Å². The van der Waals surface area contributed by atoms with E-state index in [4.69, 9.17) is 19.1 Å². The molecule has 0 aliphatic rings. The van der Waals surface area contributed by atoms with E-state index in [9.17, 15) is 9.59 Å². The van der Waals surface area contributed by atoms with Gasteiger partial charge in [0.15, 0.2) is 0 Å². The smallest absolute Gasteiger partial charge is 0.440 e. The lowest BCUT2D eigenvalue weighted by molar-refractivity contribution is 0.201. The van der Waals surface area contributed by atoms with Crippen molar-refractivity contribution in [2.24, 2.45) is 0 Å². The number of aryl methyl sites for hydroxylation is 1. The van der Waals surface area contributed by atoms with Gasteiger partial charge in [0.05, 0.1) is 18.8 Å². The van der Waals surface area contributed by atoms with Crippen LogP contribution >= 0.6 is 0 Å². The topological polar surface area (TPSA) is 120 Å². The Balaban J connectivity index is 1.40. The van der Waals surface area contributed by atoms with Crippen LogP contribution in [-0.4, -0.2) is 33.0 Å². The van der Waals surface area contributed by atoms with Crippen LogP contribution in [0.2, 0.25) is 0 Å². The molecule has 0 unspecified atom stereocenters. The van der Waals surface area contributed by atoms with Crippen LogP contribution in [0.3, 0.4) is 0 Å². The SMILES string of the molecule is Cc1cc(OCCO)ccc1-c1cc(COc2ccc(Cn3oc(=O)[nH]c3=O)cc2)ccn1. The van der Waals surface area contributed by atoms with Crippen LogP contribution in [0.15, 0.2) is 74.9 Å². The van der Waals surface area contributed by atoms with Crippen molar-refractivity contribution < 1.29 is 19.1 Å². The molecule has 9 heteroatoms. The number of aliphatic hydroxyl groups is 1. The number of aliphatic hydroxyl groups excluding tert-OH is 1. The minimum absolute atomic E-state index is 0.0296. The second kappa shape index (κ2) is 10.0. The quantitative estimate of drug-likeness (QED) is 0.403.